The summed E-state index contributed by atoms with van der Waals surface area (Å²) in [7, 11) is 1.63. The first kappa shape index (κ1) is 11.7. The molecule has 1 saturated carbocycles. The van der Waals surface area contributed by atoms with Crippen LogP contribution in [0.5, 0.6) is 0 Å². The van der Waals surface area contributed by atoms with E-state index in [-0.39, 0.29) is 18.9 Å². The van der Waals surface area contributed by atoms with Gasteiger partial charge in [-0.1, -0.05) is 0 Å². The van der Waals surface area contributed by atoms with E-state index in [0.29, 0.717) is 11.7 Å². The van der Waals surface area contributed by atoms with E-state index in [1.165, 1.54) is 4.90 Å². The van der Waals surface area contributed by atoms with Gasteiger partial charge < -0.3 is 14.6 Å². The van der Waals surface area contributed by atoms with Crippen molar-refractivity contribution >= 4 is 11.9 Å². The predicted octanol–water partition coefficient (Wildman–Crippen LogP) is 1.37. The topological polar surface area (TPSA) is 62.5 Å². The van der Waals surface area contributed by atoms with Crippen LogP contribution in [0.4, 0.5) is 0 Å². The summed E-state index contributed by atoms with van der Waals surface area (Å²) < 4.78 is 1.99. The molecule has 5 nitrogen and oxygen atoms in total. The molecule has 1 heterocycles. The highest BCUT2D eigenvalue weighted by Crippen LogP contribution is 2.36. The minimum atomic E-state index is -0.887. The van der Waals surface area contributed by atoms with Crippen LogP contribution >= 0.6 is 0 Å². The zero-order valence-electron chi connectivity index (χ0n) is 9.80. The van der Waals surface area contributed by atoms with Gasteiger partial charge in [0.05, 0.1) is 6.42 Å². The van der Waals surface area contributed by atoms with Gasteiger partial charge in [0.15, 0.2) is 0 Å². The molecule has 5 heteroatoms. The molecule has 0 saturated heterocycles. The normalized spacial score (nSPS) is 14.6. The molecule has 2 rings (SSSR count). The molecule has 17 heavy (non-hydrogen) atoms. The number of hydrogen-bond acceptors (Lipinski definition) is 2. The van der Waals surface area contributed by atoms with Crippen molar-refractivity contribution in [3.8, 4) is 0 Å². The van der Waals surface area contributed by atoms with Crippen molar-refractivity contribution in [2.45, 2.75) is 25.3 Å². The molecule has 0 unspecified atom stereocenters. The van der Waals surface area contributed by atoms with Crippen LogP contribution in [0.2, 0.25) is 0 Å². The molecular formula is C12H16N2O3. The molecule has 0 bridgehead atoms. The van der Waals surface area contributed by atoms with Gasteiger partial charge in [-0.25, -0.2) is 0 Å². The summed E-state index contributed by atoms with van der Waals surface area (Å²) in [5.41, 5.74) is 0.653. The summed E-state index contributed by atoms with van der Waals surface area (Å²) in [6.07, 6.45) is 4.13. The van der Waals surface area contributed by atoms with E-state index < -0.39 is 5.97 Å². The molecule has 0 aliphatic heterocycles. The van der Waals surface area contributed by atoms with Crippen LogP contribution in [0.25, 0.3) is 0 Å². The lowest BCUT2D eigenvalue weighted by molar-refractivity contribution is -0.137. The van der Waals surface area contributed by atoms with Crippen molar-refractivity contribution in [2.24, 2.45) is 0 Å². The van der Waals surface area contributed by atoms with Crippen LogP contribution in [0.1, 0.15) is 35.8 Å². The van der Waals surface area contributed by atoms with Crippen LogP contribution in [0.3, 0.4) is 0 Å². The zero-order chi connectivity index (χ0) is 12.4. The molecule has 92 valence electrons. The van der Waals surface area contributed by atoms with Gasteiger partial charge >= 0.3 is 5.97 Å². The smallest absolute Gasteiger partial charge is 0.305 e. The van der Waals surface area contributed by atoms with E-state index in [0.717, 1.165) is 12.8 Å². The summed E-state index contributed by atoms with van der Waals surface area (Å²) in [6.45, 7) is 0.240. The lowest BCUT2D eigenvalue weighted by atomic mass is 10.3. The average Bonchev–Trinajstić information content (AvgIpc) is 3.03. The molecule has 0 aromatic carbocycles. The van der Waals surface area contributed by atoms with Crippen molar-refractivity contribution < 1.29 is 14.7 Å². The number of rotatable bonds is 5. The molecule has 1 amide bonds. The Morgan fingerprint density at radius 1 is 1.53 bits per heavy atom. The number of nitrogens with zero attached hydrogens (tertiary/aromatic N) is 2. The fourth-order valence-electron chi connectivity index (χ4n) is 1.81. The average molecular weight is 236 g/mol. The lowest BCUT2D eigenvalue weighted by Crippen LogP contribution is -2.30. The fraction of sp³-hybridized carbons (Fsp3) is 0.500. The van der Waals surface area contributed by atoms with Crippen molar-refractivity contribution in [1.29, 1.82) is 0 Å². The summed E-state index contributed by atoms with van der Waals surface area (Å²) >= 11 is 0. The Morgan fingerprint density at radius 3 is 2.82 bits per heavy atom. The van der Waals surface area contributed by atoms with E-state index in [4.69, 9.17) is 5.11 Å². The van der Waals surface area contributed by atoms with Crippen LogP contribution in [-0.4, -0.2) is 40.0 Å². The second-order valence-corrected chi connectivity index (χ2v) is 4.40. The maximum atomic E-state index is 12.1. The highest BCUT2D eigenvalue weighted by atomic mass is 16.4. The minimum absolute atomic E-state index is 0.0215. The van der Waals surface area contributed by atoms with Gasteiger partial charge in [-0.2, -0.15) is 0 Å². The molecule has 1 aliphatic rings. The van der Waals surface area contributed by atoms with E-state index in [9.17, 15) is 9.59 Å². The fourth-order valence-corrected chi connectivity index (χ4v) is 1.81. The van der Waals surface area contributed by atoms with Crippen molar-refractivity contribution in [2.75, 3.05) is 13.6 Å². The summed E-state index contributed by atoms with van der Waals surface area (Å²) in [6, 6.07) is 4.10. The van der Waals surface area contributed by atoms with Crippen LogP contribution < -0.4 is 0 Å². The Bertz CT molecular complexity index is 435. The quantitative estimate of drug-likeness (QED) is 0.839. The number of carbonyl (C=O) groups excluding carboxylic acids is 1. The van der Waals surface area contributed by atoms with Gasteiger partial charge in [-0.05, 0) is 25.0 Å². The van der Waals surface area contributed by atoms with E-state index in [2.05, 4.69) is 0 Å². The number of aliphatic carboxylic acids is 1. The molecule has 0 radical (unpaired) electrons. The molecule has 1 aromatic rings. The van der Waals surface area contributed by atoms with Gasteiger partial charge in [-0.15, -0.1) is 0 Å². The first-order valence-electron chi connectivity index (χ1n) is 5.73. The molecule has 0 atom stereocenters. The highest BCUT2D eigenvalue weighted by molar-refractivity contribution is 5.92. The highest BCUT2D eigenvalue weighted by Gasteiger charge is 2.27. The van der Waals surface area contributed by atoms with Crippen molar-refractivity contribution in [3.05, 3.63) is 24.0 Å². The zero-order valence-corrected chi connectivity index (χ0v) is 9.80. The number of hydrogen-bond donors (Lipinski definition) is 1. The van der Waals surface area contributed by atoms with Crippen molar-refractivity contribution in [1.82, 2.24) is 9.47 Å². The number of aromatic nitrogens is 1. The largest absolute Gasteiger partial charge is 0.481 e. The Hall–Kier alpha value is -1.78. The third-order valence-electron chi connectivity index (χ3n) is 2.95. The standard InChI is InChI=1S/C12H16N2O3/c1-13(8-6-11(15)16)12(17)10-3-2-7-14(10)9-4-5-9/h2-3,7,9H,4-6,8H2,1H3,(H,15,16). The summed E-state index contributed by atoms with van der Waals surface area (Å²) in [4.78, 5) is 24.0. The second kappa shape index (κ2) is 4.61. The Labute approximate surface area is 99.6 Å². The molecule has 1 fully saturated rings. The number of amides is 1. The van der Waals surface area contributed by atoms with Crippen molar-refractivity contribution in [3.63, 3.8) is 0 Å². The second-order valence-electron chi connectivity index (χ2n) is 4.40. The molecule has 1 N–H and O–H groups in total. The lowest BCUT2D eigenvalue weighted by Gasteiger charge is -2.17. The van der Waals surface area contributed by atoms with Gasteiger partial charge in [0.1, 0.15) is 5.69 Å². The van der Waals surface area contributed by atoms with Gasteiger partial charge in [0.25, 0.3) is 5.91 Å². The summed E-state index contributed by atoms with van der Waals surface area (Å²) in [5, 5.41) is 8.58. The Balaban J connectivity index is 2.02. The Morgan fingerprint density at radius 2 is 2.24 bits per heavy atom. The summed E-state index contributed by atoms with van der Waals surface area (Å²) in [5.74, 6) is -0.995. The third kappa shape index (κ3) is 2.67. The molecule has 1 aromatic heterocycles. The van der Waals surface area contributed by atoms with E-state index in [1.807, 2.05) is 16.8 Å². The first-order valence-corrected chi connectivity index (χ1v) is 5.73. The van der Waals surface area contributed by atoms with Gasteiger partial charge in [0, 0.05) is 25.8 Å². The SMILES string of the molecule is CN(CCC(=O)O)C(=O)c1cccn1C1CC1. The van der Waals surface area contributed by atoms with Gasteiger partial charge in [0.2, 0.25) is 0 Å². The maximum Gasteiger partial charge on any atom is 0.305 e. The number of carboxylic acid groups (broad SMARTS) is 1. The first-order chi connectivity index (χ1) is 8.09. The molecule has 0 spiro atoms. The number of carbonyl (C=O) groups is 2. The predicted molar refractivity (Wildman–Crippen MR) is 61.9 cm³/mol. The Kier molecular flexibility index (Phi) is 3.17. The number of carboxylic acids is 1. The third-order valence-corrected chi connectivity index (χ3v) is 2.95. The van der Waals surface area contributed by atoms with Crippen LogP contribution in [0.15, 0.2) is 18.3 Å². The monoisotopic (exact) mass is 236 g/mol. The molecule has 1 aliphatic carbocycles. The van der Waals surface area contributed by atoms with Gasteiger partial charge in [-0.3, -0.25) is 9.59 Å². The van der Waals surface area contributed by atoms with Crippen LogP contribution in [-0.2, 0) is 4.79 Å². The molecular weight excluding hydrogens is 220 g/mol. The van der Waals surface area contributed by atoms with E-state index >= 15 is 0 Å². The minimum Gasteiger partial charge on any atom is -0.481 e. The van der Waals surface area contributed by atoms with E-state index in [1.54, 1.807) is 13.1 Å². The maximum absolute atomic E-state index is 12.1. The van der Waals surface area contributed by atoms with Crippen LogP contribution in [0, 0.1) is 0 Å².